The van der Waals surface area contributed by atoms with E-state index in [1.165, 1.54) is 0 Å². The molecule has 0 aliphatic heterocycles. The molecule has 0 heterocycles. The van der Waals surface area contributed by atoms with Gasteiger partial charge in [-0.15, -0.1) is 0 Å². The SMILES string of the molecule is COc1cccc(Oc2cc(Br)ccc2C(C)N)c1. The zero-order valence-corrected chi connectivity index (χ0v) is 12.5. The minimum atomic E-state index is -0.0892. The van der Waals surface area contributed by atoms with Gasteiger partial charge in [-0.05, 0) is 31.2 Å². The van der Waals surface area contributed by atoms with Gasteiger partial charge in [-0.1, -0.05) is 28.1 Å². The highest BCUT2D eigenvalue weighted by molar-refractivity contribution is 9.10. The molecule has 0 saturated heterocycles. The molecule has 0 fully saturated rings. The normalized spacial score (nSPS) is 12.0. The van der Waals surface area contributed by atoms with Crippen molar-refractivity contribution >= 4 is 15.9 Å². The third-order valence-corrected chi connectivity index (χ3v) is 3.23. The summed E-state index contributed by atoms with van der Waals surface area (Å²) in [5.41, 5.74) is 6.92. The summed E-state index contributed by atoms with van der Waals surface area (Å²) in [5, 5.41) is 0. The molecule has 1 atom stereocenters. The lowest BCUT2D eigenvalue weighted by Gasteiger charge is -2.14. The van der Waals surface area contributed by atoms with Crippen LogP contribution in [0.25, 0.3) is 0 Å². The van der Waals surface area contributed by atoms with Crippen molar-refractivity contribution < 1.29 is 9.47 Å². The smallest absolute Gasteiger partial charge is 0.133 e. The third kappa shape index (κ3) is 3.49. The molecule has 0 aliphatic carbocycles. The van der Waals surface area contributed by atoms with E-state index in [0.717, 1.165) is 27.3 Å². The molecule has 100 valence electrons. The number of benzene rings is 2. The van der Waals surface area contributed by atoms with Gasteiger partial charge in [0.15, 0.2) is 0 Å². The molecule has 19 heavy (non-hydrogen) atoms. The largest absolute Gasteiger partial charge is 0.497 e. The molecular formula is C15H16BrNO2. The number of hydrogen-bond acceptors (Lipinski definition) is 3. The molecule has 0 aromatic heterocycles. The Morgan fingerprint density at radius 3 is 2.53 bits per heavy atom. The van der Waals surface area contributed by atoms with Gasteiger partial charge < -0.3 is 15.2 Å². The fourth-order valence-corrected chi connectivity index (χ4v) is 2.10. The second-order valence-electron chi connectivity index (χ2n) is 4.25. The van der Waals surface area contributed by atoms with Crippen LogP contribution in [0.3, 0.4) is 0 Å². The Kier molecular flexibility index (Phi) is 4.45. The molecular weight excluding hydrogens is 306 g/mol. The van der Waals surface area contributed by atoms with E-state index in [2.05, 4.69) is 15.9 Å². The third-order valence-electron chi connectivity index (χ3n) is 2.74. The van der Waals surface area contributed by atoms with Gasteiger partial charge >= 0.3 is 0 Å². The molecule has 0 radical (unpaired) electrons. The highest BCUT2D eigenvalue weighted by Crippen LogP contribution is 2.32. The van der Waals surface area contributed by atoms with Crippen LogP contribution in [-0.4, -0.2) is 7.11 Å². The average molecular weight is 322 g/mol. The highest BCUT2D eigenvalue weighted by atomic mass is 79.9. The van der Waals surface area contributed by atoms with Crippen LogP contribution in [0.15, 0.2) is 46.9 Å². The molecule has 0 saturated carbocycles. The summed E-state index contributed by atoms with van der Waals surface area (Å²) in [6.07, 6.45) is 0. The second-order valence-corrected chi connectivity index (χ2v) is 5.17. The predicted molar refractivity (Wildman–Crippen MR) is 79.8 cm³/mol. The molecule has 4 heteroatoms. The molecule has 1 unspecified atom stereocenters. The van der Waals surface area contributed by atoms with Crippen LogP contribution in [0.2, 0.25) is 0 Å². The van der Waals surface area contributed by atoms with Crippen LogP contribution in [0.5, 0.6) is 17.2 Å². The molecule has 2 aromatic rings. The standard InChI is InChI=1S/C15H16BrNO2/c1-10(17)14-7-6-11(16)8-15(14)19-13-5-3-4-12(9-13)18-2/h3-10H,17H2,1-2H3. The van der Waals surface area contributed by atoms with Gasteiger partial charge in [0.1, 0.15) is 17.2 Å². The topological polar surface area (TPSA) is 44.5 Å². The van der Waals surface area contributed by atoms with Gasteiger partial charge in [-0.3, -0.25) is 0 Å². The predicted octanol–water partition coefficient (Wildman–Crippen LogP) is 4.27. The summed E-state index contributed by atoms with van der Waals surface area (Å²) in [4.78, 5) is 0. The van der Waals surface area contributed by atoms with E-state index in [4.69, 9.17) is 15.2 Å². The summed E-state index contributed by atoms with van der Waals surface area (Å²) in [7, 11) is 1.63. The Labute approximate surface area is 121 Å². The van der Waals surface area contributed by atoms with E-state index in [1.54, 1.807) is 7.11 Å². The number of halogens is 1. The summed E-state index contributed by atoms with van der Waals surface area (Å²) < 4.78 is 12.0. The quantitative estimate of drug-likeness (QED) is 0.914. The van der Waals surface area contributed by atoms with Crippen LogP contribution in [0.4, 0.5) is 0 Å². The maximum Gasteiger partial charge on any atom is 0.133 e. The lowest BCUT2D eigenvalue weighted by molar-refractivity contribution is 0.408. The van der Waals surface area contributed by atoms with Gasteiger partial charge in [0.2, 0.25) is 0 Å². The minimum Gasteiger partial charge on any atom is -0.497 e. The maximum atomic E-state index is 5.95. The van der Waals surface area contributed by atoms with Crippen LogP contribution in [-0.2, 0) is 0 Å². The van der Waals surface area contributed by atoms with Crippen LogP contribution in [0.1, 0.15) is 18.5 Å². The second kappa shape index (κ2) is 6.08. The van der Waals surface area contributed by atoms with Crippen molar-refractivity contribution in [2.75, 3.05) is 7.11 Å². The van der Waals surface area contributed by atoms with Crippen molar-refractivity contribution in [1.82, 2.24) is 0 Å². The van der Waals surface area contributed by atoms with Crippen molar-refractivity contribution in [3.63, 3.8) is 0 Å². The first-order chi connectivity index (χ1) is 9.10. The first-order valence-electron chi connectivity index (χ1n) is 5.97. The first-order valence-corrected chi connectivity index (χ1v) is 6.76. The van der Waals surface area contributed by atoms with Crippen LogP contribution < -0.4 is 15.2 Å². The van der Waals surface area contributed by atoms with E-state index in [9.17, 15) is 0 Å². The number of ether oxygens (including phenoxy) is 2. The molecule has 0 bridgehead atoms. The molecule has 2 N–H and O–H groups in total. The summed E-state index contributed by atoms with van der Waals surface area (Å²) in [6, 6.07) is 13.2. The number of rotatable bonds is 4. The van der Waals surface area contributed by atoms with Crippen LogP contribution >= 0.6 is 15.9 Å². The zero-order valence-electron chi connectivity index (χ0n) is 10.9. The minimum absolute atomic E-state index is 0.0892. The average Bonchev–Trinajstić information content (AvgIpc) is 2.38. The van der Waals surface area contributed by atoms with Crippen molar-refractivity contribution in [3.05, 3.63) is 52.5 Å². The Morgan fingerprint density at radius 2 is 1.84 bits per heavy atom. The Balaban J connectivity index is 2.33. The van der Waals surface area contributed by atoms with Gasteiger partial charge in [0.25, 0.3) is 0 Å². The molecule has 2 aromatic carbocycles. The van der Waals surface area contributed by atoms with Gasteiger partial charge in [-0.2, -0.15) is 0 Å². The van der Waals surface area contributed by atoms with Crippen molar-refractivity contribution in [3.8, 4) is 17.2 Å². The molecule has 0 spiro atoms. The van der Waals surface area contributed by atoms with E-state index >= 15 is 0 Å². The monoisotopic (exact) mass is 321 g/mol. The molecule has 0 amide bonds. The van der Waals surface area contributed by atoms with Crippen molar-refractivity contribution in [1.29, 1.82) is 0 Å². The van der Waals surface area contributed by atoms with Crippen LogP contribution in [0, 0.1) is 0 Å². The van der Waals surface area contributed by atoms with E-state index in [1.807, 2.05) is 49.4 Å². The summed E-state index contributed by atoms with van der Waals surface area (Å²) in [5.74, 6) is 2.23. The summed E-state index contributed by atoms with van der Waals surface area (Å²) >= 11 is 3.44. The molecule has 0 aliphatic rings. The van der Waals surface area contributed by atoms with Gasteiger partial charge in [0.05, 0.1) is 7.11 Å². The Morgan fingerprint density at radius 1 is 1.11 bits per heavy atom. The zero-order chi connectivity index (χ0) is 13.8. The fourth-order valence-electron chi connectivity index (χ4n) is 1.76. The lowest BCUT2D eigenvalue weighted by Crippen LogP contribution is -2.06. The van der Waals surface area contributed by atoms with Crippen molar-refractivity contribution in [2.24, 2.45) is 5.73 Å². The van der Waals surface area contributed by atoms with E-state index in [-0.39, 0.29) is 6.04 Å². The Bertz CT molecular complexity index is 570. The van der Waals surface area contributed by atoms with Gasteiger partial charge in [-0.25, -0.2) is 0 Å². The fraction of sp³-hybridized carbons (Fsp3) is 0.200. The number of hydrogen-bond donors (Lipinski definition) is 1. The number of nitrogens with two attached hydrogens (primary N) is 1. The van der Waals surface area contributed by atoms with E-state index in [0.29, 0.717) is 0 Å². The Hall–Kier alpha value is -1.52. The molecule has 3 nitrogen and oxygen atoms in total. The highest BCUT2D eigenvalue weighted by Gasteiger charge is 2.10. The van der Waals surface area contributed by atoms with Gasteiger partial charge in [0, 0.05) is 22.1 Å². The molecule has 2 rings (SSSR count). The lowest BCUT2D eigenvalue weighted by atomic mass is 10.1. The first kappa shape index (κ1) is 13.9. The maximum absolute atomic E-state index is 5.95. The summed E-state index contributed by atoms with van der Waals surface area (Å²) in [6.45, 7) is 1.93. The van der Waals surface area contributed by atoms with Crippen molar-refractivity contribution in [2.45, 2.75) is 13.0 Å². The van der Waals surface area contributed by atoms with E-state index < -0.39 is 0 Å². The number of methoxy groups -OCH3 is 1.